The van der Waals surface area contributed by atoms with E-state index in [1.165, 1.54) is 28.8 Å². The van der Waals surface area contributed by atoms with Crippen molar-refractivity contribution in [1.82, 2.24) is 4.90 Å². The summed E-state index contributed by atoms with van der Waals surface area (Å²) >= 11 is 7.64. The molecule has 9 heteroatoms. The molecule has 0 unspecified atom stereocenters. The lowest BCUT2D eigenvalue weighted by atomic mass is 10.1. The van der Waals surface area contributed by atoms with Crippen LogP contribution in [0.3, 0.4) is 0 Å². The fraction of sp³-hybridized carbons (Fsp3) is 0.111. The van der Waals surface area contributed by atoms with Crippen molar-refractivity contribution in [2.45, 2.75) is 13.5 Å². The molecule has 180 valence electrons. The molecule has 3 aromatic rings. The molecule has 1 aliphatic rings. The van der Waals surface area contributed by atoms with Crippen LogP contribution in [0.1, 0.15) is 34.0 Å². The molecular formula is C27H20ClN3O4S. The Hall–Kier alpha value is -4.06. The van der Waals surface area contributed by atoms with Crippen molar-refractivity contribution < 1.29 is 19.4 Å². The zero-order valence-electron chi connectivity index (χ0n) is 19.1. The number of nitriles is 1. The summed E-state index contributed by atoms with van der Waals surface area (Å²) in [6.45, 7) is 2.46. The first-order chi connectivity index (χ1) is 17.4. The van der Waals surface area contributed by atoms with Crippen LogP contribution in [0.2, 0.25) is 5.02 Å². The molecule has 1 fully saturated rings. The molecule has 3 aromatic carbocycles. The monoisotopic (exact) mass is 517 g/mol. The average molecular weight is 518 g/mol. The van der Waals surface area contributed by atoms with Crippen molar-refractivity contribution in [3.8, 4) is 11.8 Å². The molecule has 7 nitrogen and oxygen atoms in total. The maximum atomic E-state index is 13.0. The number of carbonyl (C=O) groups is 2. The molecule has 36 heavy (non-hydrogen) atoms. The molecular weight excluding hydrogens is 498 g/mol. The van der Waals surface area contributed by atoms with Gasteiger partial charge in [0.2, 0.25) is 0 Å². The number of nitrogens with zero attached hydrogens (tertiary/aromatic N) is 3. The van der Waals surface area contributed by atoms with Gasteiger partial charge in [-0.15, -0.1) is 0 Å². The van der Waals surface area contributed by atoms with Crippen molar-refractivity contribution in [2.75, 3.05) is 6.54 Å². The van der Waals surface area contributed by atoms with E-state index in [1.807, 2.05) is 19.1 Å². The molecule has 1 amide bonds. The highest BCUT2D eigenvalue weighted by molar-refractivity contribution is 8.18. The van der Waals surface area contributed by atoms with E-state index in [1.54, 1.807) is 48.5 Å². The first-order valence-corrected chi connectivity index (χ1v) is 12.1. The molecule has 0 aliphatic carbocycles. The van der Waals surface area contributed by atoms with Crippen molar-refractivity contribution in [3.05, 3.63) is 98.9 Å². The van der Waals surface area contributed by atoms with Crippen LogP contribution in [0.4, 0.5) is 5.69 Å². The molecule has 1 saturated heterocycles. The van der Waals surface area contributed by atoms with Crippen LogP contribution in [-0.2, 0) is 11.4 Å². The first kappa shape index (κ1) is 25.0. The van der Waals surface area contributed by atoms with E-state index in [2.05, 4.69) is 11.1 Å². The van der Waals surface area contributed by atoms with Gasteiger partial charge in [0.25, 0.3) is 5.91 Å². The van der Waals surface area contributed by atoms with Gasteiger partial charge in [-0.1, -0.05) is 41.9 Å². The highest BCUT2D eigenvalue weighted by atomic mass is 35.5. The number of hydrogen-bond acceptors (Lipinski definition) is 6. The van der Waals surface area contributed by atoms with Crippen molar-refractivity contribution in [2.24, 2.45) is 4.99 Å². The third-order valence-corrected chi connectivity index (χ3v) is 6.60. The van der Waals surface area contributed by atoms with Gasteiger partial charge in [0.05, 0.1) is 32.8 Å². The number of halogens is 1. The summed E-state index contributed by atoms with van der Waals surface area (Å²) in [7, 11) is 0. The van der Waals surface area contributed by atoms with E-state index in [9.17, 15) is 20.0 Å². The second kappa shape index (κ2) is 11.1. The fourth-order valence-corrected chi connectivity index (χ4v) is 4.78. The molecule has 4 rings (SSSR count). The zero-order valence-corrected chi connectivity index (χ0v) is 20.7. The Labute approximate surface area is 217 Å². The van der Waals surface area contributed by atoms with Gasteiger partial charge in [-0.05, 0) is 66.7 Å². The van der Waals surface area contributed by atoms with Crippen LogP contribution in [-0.4, -0.2) is 33.6 Å². The van der Waals surface area contributed by atoms with Gasteiger partial charge in [0.1, 0.15) is 12.4 Å². The summed E-state index contributed by atoms with van der Waals surface area (Å²) in [6.07, 6.45) is 1.73. The van der Waals surface area contributed by atoms with Gasteiger partial charge in [-0.25, -0.2) is 9.79 Å². The van der Waals surface area contributed by atoms with Crippen LogP contribution in [0.25, 0.3) is 6.08 Å². The molecule has 1 aliphatic heterocycles. The Morgan fingerprint density at radius 3 is 2.72 bits per heavy atom. The topological polar surface area (TPSA) is 103 Å². The Kier molecular flexibility index (Phi) is 7.74. The number of benzene rings is 3. The van der Waals surface area contributed by atoms with Gasteiger partial charge in [-0.3, -0.25) is 9.69 Å². The van der Waals surface area contributed by atoms with Gasteiger partial charge < -0.3 is 9.84 Å². The number of carboxylic acid groups (broad SMARTS) is 1. The summed E-state index contributed by atoms with van der Waals surface area (Å²) in [6, 6.07) is 20.8. The zero-order chi connectivity index (χ0) is 25.7. The smallest absolute Gasteiger partial charge is 0.335 e. The molecule has 0 atom stereocenters. The number of ether oxygens (including phenoxy) is 1. The Bertz CT molecular complexity index is 1440. The summed E-state index contributed by atoms with van der Waals surface area (Å²) in [4.78, 5) is 30.7. The van der Waals surface area contributed by atoms with Crippen LogP contribution >= 0.6 is 23.4 Å². The predicted octanol–water partition coefficient (Wildman–Crippen LogP) is 6.11. The van der Waals surface area contributed by atoms with Crippen LogP contribution in [0, 0.1) is 11.3 Å². The highest BCUT2D eigenvalue weighted by Gasteiger charge is 2.32. The van der Waals surface area contributed by atoms with Crippen LogP contribution in [0.5, 0.6) is 5.75 Å². The number of likely N-dealkylation sites (N-methyl/N-ethyl adjacent to an activating group) is 1. The van der Waals surface area contributed by atoms with E-state index in [4.69, 9.17) is 16.3 Å². The van der Waals surface area contributed by atoms with Gasteiger partial charge in [0.15, 0.2) is 5.17 Å². The minimum atomic E-state index is -1.04. The SMILES string of the molecule is CCN1C(=O)C(=Cc2ccc(OCc3ccccc3C#N)c(Cl)c2)SC1=Nc1cccc(C(=O)O)c1. The number of aliphatic imine (C=N–C) groups is 1. The van der Waals surface area contributed by atoms with E-state index in [0.29, 0.717) is 44.2 Å². The number of carbonyl (C=O) groups excluding carboxylic acids is 1. The van der Waals surface area contributed by atoms with Gasteiger partial charge in [0, 0.05) is 12.1 Å². The van der Waals surface area contributed by atoms with Crippen molar-refractivity contribution >= 4 is 52.2 Å². The summed E-state index contributed by atoms with van der Waals surface area (Å²) in [5.74, 6) is -0.772. The summed E-state index contributed by atoms with van der Waals surface area (Å²) in [5.41, 5.74) is 2.59. The number of carboxylic acids is 1. The average Bonchev–Trinajstić information content (AvgIpc) is 3.17. The van der Waals surface area contributed by atoms with Gasteiger partial charge >= 0.3 is 5.97 Å². The number of thioether (sulfide) groups is 1. The summed E-state index contributed by atoms with van der Waals surface area (Å²) in [5, 5.41) is 19.3. The van der Waals surface area contributed by atoms with E-state index in [0.717, 1.165) is 5.56 Å². The van der Waals surface area contributed by atoms with E-state index in [-0.39, 0.29) is 18.1 Å². The maximum absolute atomic E-state index is 13.0. The number of amides is 1. The lowest BCUT2D eigenvalue weighted by molar-refractivity contribution is -0.122. The van der Waals surface area contributed by atoms with Crippen LogP contribution in [0.15, 0.2) is 76.6 Å². The Balaban J connectivity index is 1.53. The van der Waals surface area contributed by atoms with Crippen LogP contribution < -0.4 is 4.74 Å². The molecule has 0 radical (unpaired) electrons. The number of rotatable bonds is 7. The lowest BCUT2D eigenvalue weighted by Crippen LogP contribution is -2.28. The standard InChI is InChI=1S/C27H20ClN3O4S/c1-2-31-25(32)24(36-27(31)30-21-9-5-8-18(14-21)26(33)34)13-17-10-11-23(22(28)12-17)35-16-20-7-4-3-6-19(20)15-29/h3-14H,2,16H2,1H3,(H,33,34). The Morgan fingerprint density at radius 1 is 1.19 bits per heavy atom. The fourth-order valence-electron chi connectivity index (χ4n) is 3.48. The first-order valence-electron chi connectivity index (χ1n) is 10.9. The molecule has 1 N–H and O–H groups in total. The predicted molar refractivity (Wildman–Crippen MR) is 140 cm³/mol. The molecule has 1 heterocycles. The second-order valence-electron chi connectivity index (χ2n) is 7.66. The van der Waals surface area contributed by atoms with E-state index >= 15 is 0 Å². The van der Waals surface area contributed by atoms with Crippen molar-refractivity contribution in [3.63, 3.8) is 0 Å². The largest absolute Gasteiger partial charge is 0.487 e. The maximum Gasteiger partial charge on any atom is 0.335 e. The quantitative estimate of drug-likeness (QED) is 0.379. The van der Waals surface area contributed by atoms with E-state index < -0.39 is 5.97 Å². The minimum Gasteiger partial charge on any atom is -0.487 e. The number of aromatic carboxylic acids is 1. The molecule has 0 spiro atoms. The van der Waals surface area contributed by atoms with Crippen molar-refractivity contribution in [1.29, 1.82) is 5.26 Å². The number of amidine groups is 1. The Morgan fingerprint density at radius 2 is 2.00 bits per heavy atom. The second-order valence-corrected chi connectivity index (χ2v) is 9.07. The minimum absolute atomic E-state index is 0.123. The normalized spacial score (nSPS) is 15.4. The molecule has 0 aromatic heterocycles. The molecule has 0 bridgehead atoms. The molecule has 0 saturated carbocycles. The number of hydrogen-bond donors (Lipinski definition) is 1. The third-order valence-electron chi connectivity index (χ3n) is 5.30. The highest BCUT2D eigenvalue weighted by Crippen LogP contribution is 2.35. The third kappa shape index (κ3) is 5.60. The summed E-state index contributed by atoms with van der Waals surface area (Å²) < 4.78 is 5.81. The van der Waals surface area contributed by atoms with Gasteiger partial charge in [-0.2, -0.15) is 5.26 Å². The lowest BCUT2D eigenvalue weighted by Gasteiger charge is -2.12.